The van der Waals surface area contributed by atoms with Gasteiger partial charge in [-0.15, -0.1) is 13.2 Å². The van der Waals surface area contributed by atoms with E-state index in [4.69, 9.17) is 14.7 Å². The molecule has 2 aromatic heterocycles. The molecular weight excluding hydrogens is 848 g/mol. The number of nitrogens with one attached hydrogen (secondary N) is 4. The van der Waals surface area contributed by atoms with E-state index in [0.29, 0.717) is 67.1 Å². The molecule has 4 amide bonds. The predicted molar refractivity (Wildman–Crippen MR) is 234 cm³/mol. The summed E-state index contributed by atoms with van der Waals surface area (Å²) in [4.78, 5) is 73.6. The number of alkyl halides is 3. The summed E-state index contributed by atoms with van der Waals surface area (Å²) in [6.45, 7) is 8.31. The zero-order chi connectivity index (χ0) is 46.3. The highest BCUT2D eigenvalue weighted by Crippen LogP contribution is 2.48. The first kappa shape index (κ1) is 45.1. The Bertz CT molecular complexity index is 2560. The van der Waals surface area contributed by atoms with E-state index in [0.717, 1.165) is 35.0 Å². The van der Waals surface area contributed by atoms with Gasteiger partial charge in [-0.25, -0.2) is 19.6 Å². The zero-order valence-electron chi connectivity index (χ0n) is 36.8. The van der Waals surface area contributed by atoms with Crippen molar-refractivity contribution in [2.24, 2.45) is 11.8 Å². The molecule has 346 valence electrons. The molecule has 6 atom stereocenters. The van der Waals surface area contributed by atoms with Crippen molar-refractivity contribution in [3.8, 4) is 5.75 Å². The number of aromatic amines is 2. The second kappa shape index (κ2) is 18.2. The monoisotopic (exact) mass is 901 g/mol. The number of carboxylic acid groups (broad SMARTS) is 1. The zero-order valence-corrected chi connectivity index (χ0v) is 36.8. The molecule has 3 aromatic carbocycles. The Labute approximate surface area is 373 Å². The summed E-state index contributed by atoms with van der Waals surface area (Å²) < 4.78 is 48.6. The molecule has 0 bridgehead atoms. The summed E-state index contributed by atoms with van der Waals surface area (Å²) in [6.07, 6.45) is -2.53. The predicted octanol–water partition coefficient (Wildman–Crippen LogP) is 8.42. The molecule has 8 rings (SSSR count). The van der Waals surface area contributed by atoms with Gasteiger partial charge in [-0.2, -0.15) is 0 Å². The average Bonchev–Trinajstić information content (AvgIpc) is 4.11. The van der Waals surface area contributed by atoms with Gasteiger partial charge in [0.15, 0.2) is 0 Å². The number of ether oxygens (including phenoxy) is 2. The summed E-state index contributed by atoms with van der Waals surface area (Å²) in [5.41, 5.74) is 5.51. The number of imidazole rings is 2. The molecule has 3 fully saturated rings. The van der Waals surface area contributed by atoms with Crippen LogP contribution in [0.3, 0.4) is 0 Å². The molecule has 3 aliphatic rings. The van der Waals surface area contributed by atoms with Crippen LogP contribution < -0.4 is 20.3 Å². The molecule has 65 heavy (non-hydrogen) atoms. The summed E-state index contributed by atoms with van der Waals surface area (Å²) in [5, 5.41) is 14.5. The minimum atomic E-state index is -4.84. The van der Waals surface area contributed by atoms with E-state index in [1.807, 2.05) is 50.2 Å². The number of nitrogens with zero attached hydrogens (tertiary/aromatic N) is 5. The van der Waals surface area contributed by atoms with Crippen LogP contribution in [0.4, 0.5) is 28.4 Å². The van der Waals surface area contributed by atoms with Crippen LogP contribution in [0.25, 0.3) is 22.1 Å². The normalized spacial score (nSPS) is 21.1. The lowest BCUT2D eigenvalue weighted by Gasteiger charge is -2.33. The highest BCUT2D eigenvalue weighted by atomic mass is 19.4. The number of rotatable bonds is 12. The molecule has 0 unspecified atom stereocenters. The van der Waals surface area contributed by atoms with Crippen LogP contribution in [0.15, 0.2) is 60.7 Å². The van der Waals surface area contributed by atoms with E-state index in [9.17, 15) is 37.5 Å². The smallest absolute Gasteiger partial charge is 0.465 e. The van der Waals surface area contributed by atoms with Gasteiger partial charge in [0.1, 0.15) is 29.5 Å². The maximum atomic E-state index is 13.8. The Morgan fingerprint density at radius 2 is 1.18 bits per heavy atom. The lowest BCUT2D eigenvalue weighted by molar-refractivity contribution is -0.274. The maximum Gasteiger partial charge on any atom is 0.573 e. The number of anilines is 1. The fraction of sp³-hybridized carbons (Fsp3) is 0.478. The number of carbonyl (C=O) groups excluding carboxylic acids is 3. The van der Waals surface area contributed by atoms with E-state index < -0.39 is 30.6 Å². The number of methoxy groups -OCH3 is 1. The van der Waals surface area contributed by atoms with Crippen LogP contribution >= 0.6 is 0 Å². The van der Waals surface area contributed by atoms with Gasteiger partial charge in [0.05, 0.1) is 53.3 Å². The third-order valence-corrected chi connectivity index (χ3v) is 12.9. The number of halogens is 3. The van der Waals surface area contributed by atoms with Gasteiger partial charge in [-0.1, -0.05) is 39.8 Å². The Kier molecular flexibility index (Phi) is 12.6. The van der Waals surface area contributed by atoms with Crippen LogP contribution in [0.1, 0.15) is 113 Å². The minimum Gasteiger partial charge on any atom is -0.465 e. The Morgan fingerprint density at radius 1 is 0.708 bits per heavy atom. The molecule has 0 spiro atoms. The van der Waals surface area contributed by atoms with Crippen molar-refractivity contribution in [2.45, 2.75) is 109 Å². The quantitative estimate of drug-likeness (QED) is 0.0810. The van der Waals surface area contributed by atoms with Crippen LogP contribution in [-0.4, -0.2) is 97.5 Å². The molecule has 0 aliphatic carbocycles. The first-order chi connectivity index (χ1) is 31.0. The minimum absolute atomic E-state index is 0.181. The van der Waals surface area contributed by atoms with E-state index in [1.165, 1.54) is 19.2 Å². The molecule has 3 saturated heterocycles. The van der Waals surface area contributed by atoms with Gasteiger partial charge in [-0.3, -0.25) is 9.59 Å². The van der Waals surface area contributed by atoms with Crippen LogP contribution in [0.5, 0.6) is 5.75 Å². The van der Waals surface area contributed by atoms with Gasteiger partial charge in [0, 0.05) is 18.8 Å². The lowest BCUT2D eigenvalue weighted by atomic mass is 10.0. The SMILES string of the molecule is COC(=O)N[C@H](C(=O)N1CCC[C@H]1c1nc2cc([C@H]3CC[C@H](c4ccc5[nH]c([C@@H]6CCCN6C(=O)[C@@H](NC(=O)O)C(C)C)nc5c4)N3c3ccc(OC(F)(F)F)cc3)ccc2[nH]1)C(C)C. The number of alkyl carbamates (subject to hydrolysis) is 1. The highest BCUT2D eigenvalue weighted by Gasteiger charge is 2.41. The highest BCUT2D eigenvalue weighted by molar-refractivity contribution is 5.87. The first-order valence-electron chi connectivity index (χ1n) is 22.1. The number of H-pyrrole nitrogens is 2. The number of aromatic nitrogens is 4. The number of fused-ring (bicyclic) bond motifs is 2. The van der Waals surface area contributed by atoms with Crippen LogP contribution in [0, 0.1) is 11.8 Å². The van der Waals surface area contributed by atoms with Crippen molar-refractivity contribution in [1.29, 1.82) is 0 Å². The molecule has 5 heterocycles. The Hall–Kier alpha value is -6.53. The largest absolute Gasteiger partial charge is 0.573 e. The average molecular weight is 902 g/mol. The molecule has 19 heteroatoms. The van der Waals surface area contributed by atoms with Crippen molar-refractivity contribution >= 4 is 51.8 Å². The topological polar surface area (TPSA) is 198 Å². The third kappa shape index (κ3) is 9.36. The van der Waals surface area contributed by atoms with Gasteiger partial charge in [0.2, 0.25) is 11.8 Å². The molecule has 0 radical (unpaired) electrons. The fourth-order valence-corrected chi connectivity index (χ4v) is 9.79. The van der Waals surface area contributed by atoms with E-state index in [-0.39, 0.29) is 53.6 Å². The van der Waals surface area contributed by atoms with E-state index in [2.05, 4.69) is 30.2 Å². The summed E-state index contributed by atoms with van der Waals surface area (Å²) in [7, 11) is 1.26. The standard InChI is InChI=1S/C46H54F3N9O7/c1-24(2)38(54-44(61)62)42(59)56-20-6-8-36(56)40-50-30-16-10-26(22-32(30)52-40)34-18-19-35(58(34)28-12-14-29(15-13-28)65-46(47,48)49)27-11-17-31-33(23-27)53-41(51-31)37-9-7-21-57(37)43(60)39(25(3)4)55-45(63)64-5/h10-17,22-25,34-39,54H,6-9,18-21H2,1-5H3,(H,50,52)(H,51,53)(H,55,63)(H,61,62)/t34-,35-,36+,37+,38+,39+/m1/s1. The Balaban J connectivity index is 1.09. The summed E-state index contributed by atoms with van der Waals surface area (Å²) >= 11 is 0. The van der Waals surface area contributed by atoms with Crippen LogP contribution in [-0.2, 0) is 14.3 Å². The number of carbonyl (C=O) groups is 4. The second-order valence-electron chi connectivity index (χ2n) is 17.8. The van der Waals surface area contributed by atoms with Crippen molar-refractivity contribution in [2.75, 3.05) is 25.1 Å². The molecule has 0 saturated carbocycles. The van der Waals surface area contributed by atoms with Gasteiger partial charge >= 0.3 is 18.5 Å². The van der Waals surface area contributed by atoms with Gasteiger partial charge in [-0.05, 0) is 110 Å². The third-order valence-electron chi connectivity index (χ3n) is 12.9. The molecule has 5 N–H and O–H groups in total. The lowest BCUT2D eigenvalue weighted by Crippen LogP contribution is -2.51. The molecule has 16 nitrogen and oxygen atoms in total. The van der Waals surface area contributed by atoms with Crippen LogP contribution in [0.2, 0.25) is 0 Å². The fourth-order valence-electron chi connectivity index (χ4n) is 9.79. The van der Waals surface area contributed by atoms with Gasteiger partial charge in [0.25, 0.3) is 0 Å². The van der Waals surface area contributed by atoms with Gasteiger partial charge < -0.3 is 49.9 Å². The van der Waals surface area contributed by atoms with Crippen molar-refractivity contribution in [1.82, 2.24) is 40.4 Å². The summed E-state index contributed by atoms with van der Waals surface area (Å²) in [5.74, 6) is -0.0310. The first-order valence-corrected chi connectivity index (χ1v) is 22.1. The number of benzene rings is 3. The van der Waals surface area contributed by atoms with Crippen molar-refractivity contribution in [3.63, 3.8) is 0 Å². The van der Waals surface area contributed by atoms with E-state index >= 15 is 0 Å². The van der Waals surface area contributed by atoms with Crippen molar-refractivity contribution < 1.29 is 46.9 Å². The maximum absolute atomic E-state index is 13.8. The number of hydrogen-bond donors (Lipinski definition) is 5. The number of likely N-dealkylation sites (tertiary alicyclic amines) is 2. The number of amides is 4. The summed E-state index contributed by atoms with van der Waals surface area (Å²) in [6, 6.07) is 15.0. The number of hydrogen-bond acceptors (Lipinski definition) is 9. The molecule has 5 aromatic rings. The Morgan fingerprint density at radius 3 is 1.62 bits per heavy atom. The second-order valence-corrected chi connectivity index (χ2v) is 17.8. The molecular formula is C46H54F3N9O7. The molecule has 3 aliphatic heterocycles. The van der Waals surface area contributed by atoms with Crippen molar-refractivity contribution in [3.05, 3.63) is 83.4 Å². The van der Waals surface area contributed by atoms with E-state index in [1.54, 1.807) is 35.8 Å².